The van der Waals surface area contributed by atoms with Gasteiger partial charge in [0, 0.05) is 19.8 Å². The Bertz CT molecular complexity index is 867. The van der Waals surface area contributed by atoms with Gasteiger partial charge in [-0.25, -0.2) is 0 Å². The third kappa shape index (κ3) is 3.40. The van der Waals surface area contributed by atoms with Crippen LogP contribution in [0.2, 0.25) is 0 Å². The number of rotatable bonds is 5. The van der Waals surface area contributed by atoms with Crippen LogP contribution in [0.1, 0.15) is 42.2 Å². The standard InChI is InChI=1S/C22H25NO5/c1-14(24)28-18(15-7-5-4-6-8-15)12-17-20-16(9-10-23(17)2)11-19-21(22(20)25-3)27-13-26-19/h4-8,11,17-18H,9-10,12-13H2,1-3H3/p+1/t17-,18+/m0/s1. The highest BCUT2D eigenvalue weighted by molar-refractivity contribution is 5.66. The van der Waals surface area contributed by atoms with E-state index in [9.17, 15) is 4.79 Å². The fourth-order valence-electron chi connectivity index (χ4n) is 4.27. The molecule has 6 heteroatoms. The Hall–Kier alpha value is -2.73. The van der Waals surface area contributed by atoms with Crippen molar-refractivity contribution in [1.82, 2.24) is 0 Å². The van der Waals surface area contributed by atoms with Crippen molar-refractivity contribution < 1.29 is 28.6 Å². The molecule has 2 aromatic rings. The summed E-state index contributed by atoms with van der Waals surface area (Å²) in [5, 5.41) is 0. The van der Waals surface area contributed by atoms with Crippen LogP contribution in [0, 0.1) is 0 Å². The van der Waals surface area contributed by atoms with E-state index in [0.29, 0.717) is 12.2 Å². The van der Waals surface area contributed by atoms with Gasteiger partial charge < -0.3 is 23.8 Å². The molecule has 2 heterocycles. The number of methoxy groups -OCH3 is 1. The average molecular weight is 384 g/mol. The first-order valence-electron chi connectivity index (χ1n) is 9.62. The molecule has 2 aliphatic heterocycles. The number of esters is 1. The number of fused-ring (bicyclic) bond motifs is 2. The molecule has 6 nitrogen and oxygen atoms in total. The third-order valence-corrected chi connectivity index (χ3v) is 5.61. The molecule has 0 aromatic heterocycles. The summed E-state index contributed by atoms with van der Waals surface area (Å²) < 4.78 is 22.8. The molecule has 0 saturated heterocycles. The third-order valence-electron chi connectivity index (χ3n) is 5.61. The molecule has 0 spiro atoms. The predicted octanol–water partition coefficient (Wildman–Crippen LogP) is 2.23. The number of carbonyl (C=O) groups excluding carboxylic acids is 1. The molecule has 0 amide bonds. The van der Waals surface area contributed by atoms with Crippen molar-refractivity contribution in [2.24, 2.45) is 0 Å². The van der Waals surface area contributed by atoms with Gasteiger partial charge in [0.15, 0.2) is 11.5 Å². The molecule has 2 aromatic carbocycles. The molecule has 148 valence electrons. The fraction of sp³-hybridized carbons (Fsp3) is 0.409. The zero-order valence-corrected chi connectivity index (χ0v) is 16.5. The van der Waals surface area contributed by atoms with E-state index in [1.165, 1.54) is 17.4 Å². The molecule has 0 aliphatic carbocycles. The zero-order chi connectivity index (χ0) is 19.7. The molecule has 1 unspecified atom stereocenters. The van der Waals surface area contributed by atoms with Crippen LogP contribution in [0.5, 0.6) is 17.2 Å². The fourth-order valence-corrected chi connectivity index (χ4v) is 4.27. The van der Waals surface area contributed by atoms with E-state index in [4.69, 9.17) is 18.9 Å². The smallest absolute Gasteiger partial charge is 0.303 e. The Labute approximate surface area is 165 Å². The van der Waals surface area contributed by atoms with E-state index in [1.54, 1.807) is 7.11 Å². The summed E-state index contributed by atoms with van der Waals surface area (Å²) in [6.45, 7) is 2.66. The summed E-state index contributed by atoms with van der Waals surface area (Å²) >= 11 is 0. The average Bonchev–Trinajstić information content (AvgIpc) is 3.16. The number of nitrogens with one attached hydrogen (secondary N) is 1. The second kappa shape index (κ2) is 7.72. The minimum atomic E-state index is -0.320. The Morgan fingerprint density at radius 3 is 2.79 bits per heavy atom. The van der Waals surface area contributed by atoms with Crippen LogP contribution < -0.4 is 19.1 Å². The Balaban J connectivity index is 1.74. The van der Waals surface area contributed by atoms with Gasteiger partial charge in [-0.15, -0.1) is 0 Å². The number of hydrogen-bond acceptors (Lipinski definition) is 5. The molecule has 0 fully saturated rings. The molecular weight excluding hydrogens is 358 g/mol. The molecule has 0 bridgehead atoms. The van der Waals surface area contributed by atoms with Crippen LogP contribution in [0.4, 0.5) is 0 Å². The van der Waals surface area contributed by atoms with Crippen molar-refractivity contribution in [2.45, 2.75) is 31.9 Å². The van der Waals surface area contributed by atoms with Crippen LogP contribution in [0.25, 0.3) is 0 Å². The van der Waals surface area contributed by atoms with E-state index in [-0.39, 0.29) is 24.9 Å². The predicted molar refractivity (Wildman–Crippen MR) is 103 cm³/mol. The summed E-state index contributed by atoms with van der Waals surface area (Å²) in [7, 11) is 3.84. The van der Waals surface area contributed by atoms with Crippen LogP contribution in [0.15, 0.2) is 36.4 Å². The van der Waals surface area contributed by atoms with Crippen molar-refractivity contribution in [1.29, 1.82) is 0 Å². The molecule has 1 N–H and O–H groups in total. The molecular formula is C22H26NO5+. The highest BCUT2D eigenvalue weighted by Gasteiger charge is 2.38. The zero-order valence-electron chi connectivity index (χ0n) is 16.5. The topological polar surface area (TPSA) is 58.4 Å². The van der Waals surface area contributed by atoms with E-state index in [2.05, 4.69) is 13.1 Å². The maximum absolute atomic E-state index is 11.8. The van der Waals surface area contributed by atoms with Gasteiger partial charge in [-0.3, -0.25) is 4.79 Å². The van der Waals surface area contributed by atoms with Crippen LogP contribution >= 0.6 is 0 Å². The van der Waals surface area contributed by atoms with Gasteiger partial charge in [-0.1, -0.05) is 30.3 Å². The number of hydrogen-bond donors (Lipinski definition) is 1. The minimum absolute atomic E-state index is 0.109. The van der Waals surface area contributed by atoms with E-state index in [1.807, 2.05) is 30.3 Å². The van der Waals surface area contributed by atoms with Crippen molar-refractivity contribution in [3.63, 3.8) is 0 Å². The normalized spacial score (nSPS) is 21.0. The lowest BCUT2D eigenvalue weighted by Gasteiger charge is -2.34. The molecule has 28 heavy (non-hydrogen) atoms. The van der Waals surface area contributed by atoms with Gasteiger partial charge in [0.05, 0.1) is 26.3 Å². The first-order valence-corrected chi connectivity index (χ1v) is 9.62. The largest absolute Gasteiger partial charge is 0.492 e. The summed E-state index contributed by atoms with van der Waals surface area (Å²) in [6.07, 6.45) is 1.28. The van der Waals surface area contributed by atoms with Gasteiger partial charge in [0.25, 0.3) is 0 Å². The summed E-state index contributed by atoms with van der Waals surface area (Å²) in [4.78, 5) is 13.1. The van der Waals surface area contributed by atoms with E-state index >= 15 is 0 Å². The highest BCUT2D eigenvalue weighted by atomic mass is 16.7. The highest BCUT2D eigenvalue weighted by Crippen LogP contribution is 2.48. The summed E-state index contributed by atoms with van der Waals surface area (Å²) in [5.74, 6) is 1.88. The SMILES string of the molecule is COc1c2c(cc3c1[C@H](C[C@@H](OC(C)=O)c1ccccc1)[NH+](C)CC3)OCO2. The summed E-state index contributed by atoms with van der Waals surface area (Å²) in [5.41, 5.74) is 3.34. The second-order valence-corrected chi connectivity index (χ2v) is 7.36. The van der Waals surface area contributed by atoms with E-state index < -0.39 is 0 Å². The molecule has 0 saturated carbocycles. The number of benzene rings is 2. The molecule has 2 aliphatic rings. The second-order valence-electron chi connectivity index (χ2n) is 7.36. The Morgan fingerprint density at radius 1 is 1.29 bits per heavy atom. The number of likely N-dealkylation sites (N-methyl/N-ethyl adjacent to an activating group) is 1. The van der Waals surface area contributed by atoms with Gasteiger partial charge in [0.2, 0.25) is 12.5 Å². The molecule has 4 rings (SSSR count). The van der Waals surface area contributed by atoms with Crippen molar-refractivity contribution in [2.75, 3.05) is 27.5 Å². The lowest BCUT2D eigenvalue weighted by Crippen LogP contribution is -3.10. The monoisotopic (exact) mass is 384 g/mol. The first-order chi connectivity index (χ1) is 13.6. The summed E-state index contributed by atoms with van der Waals surface area (Å²) in [6, 6.07) is 12.1. The molecule has 0 radical (unpaired) electrons. The van der Waals surface area contributed by atoms with Gasteiger partial charge in [0.1, 0.15) is 12.1 Å². The number of ether oxygens (including phenoxy) is 4. The van der Waals surface area contributed by atoms with Crippen LogP contribution in [-0.4, -0.2) is 33.5 Å². The van der Waals surface area contributed by atoms with Gasteiger partial charge in [-0.2, -0.15) is 0 Å². The van der Waals surface area contributed by atoms with Crippen LogP contribution in [0.3, 0.4) is 0 Å². The number of quaternary nitrogens is 1. The Morgan fingerprint density at radius 2 is 2.07 bits per heavy atom. The maximum Gasteiger partial charge on any atom is 0.303 e. The first kappa shape index (κ1) is 18.6. The van der Waals surface area contributed by atoms with Crippen molar-refractivity contribution in [3.8, 4) is 17.2 Å². The lowest BCUT2D eigenvalue weighted by molar-refractivity contribution is -0.915. The number of carbonyl (C=O) groups is 1. The molecule has 3 atom stereocenters. The Kier molecular flexibility index (Phi) is 5.13. The van der Waals surface area contributed by atoms with E-state index in [0.717, 1.165) is 35.6 Å². The minimum Gasteiger partial charge on any atom is -0.492 e. The van der Waals surface area contributed by atoms with Gasteiger partial charge in [-0.05, 0) is 17.2 Å². The van der Waals surface area contributed by atoms with Crippen LogP contribution in [-0.2, 0) is 16.0 Å². The lowest BCUT2D eigenvalue weighted by atomic mass is 9.87. The maximum atomic E-state index is 11.8. The van der Waals surface area contributed by atoms with Crippen molar-refractivity contribution >= 4 is 5.97 Å². The quantitative estimate of drug-likeness (QED) is 0.802. The van der Waals surface area contributed by atoms with Gasteiger partial charge >= 0.3 is 5.97 Å². The van der Waals surface area contributed by atoms with Crippen molar-refractivity contribution in [3.05, 3.63) is 53.1 Å².